The summed E-state index contributed by atoms with van der Waals surface area (Å²) in [5.74, 6) is -0.307. The van der Waals surface area contributed by atoms with E-state index >= 15 is 0 Å². The van der Waals surface area contributed by atoms with Gasteiger partial charge in [-0.15, -0.1) is 0 Å². The van der Waals surface area contributed by atoms with Gasteiger partial charge in [0, 0.05) is 37.8 Å². The Morgan fingerprint density at radius 2 is 2.04 bits per heavy atom. The maximum atomic E-state index is 13.9. The quantitative estimate of drug-likeness (QED) is 0.801. The third-order valence-corrected chi connectivity index (χ3v) is 4.54. The highest BCUT2D eigenvalue weighted by atomic mass is 19.1. The first kappa shape index (κ1) is 18.1. The van der Waals surface area contributed by atoms with Crippen LogP contribution in [0.4, 0.5) is 4.39 Å². The molecular weight excluding hydrogens is 325 g/mol. The molecule has 138 valence electrons. The number of ether oxygens (including phenoxy) is 2. The summed E-state index contributed by atoms with van der Waals surface area (Å²) in [6.45, 7) is 6.31. The number of rotatable bonds is 6. The molecule has 0 aliphatic carbocycles. The van der Waals surface area contributed by atoms with E-state index in [1.807, 2.05) is 0 Å². The van der Waals surface area contributed by atoms with E-state index in [1.54, 1.807) is 6.07 Å². The fourth-order valence-electron chi connectivity index (χ4n) is 3.12. The Balaban J connectivity index is 1.52. The van der Waals surface area contributed by atoms with Gasteiger partial charge in [-0.3, -0.25) is 9.69 Å². The van der Waals surface area contributed by atoms with Gasteiger partial charge >= 0.3 is 0 Å². The van der Waals surface area contributed by atoms with Gasteiger partial charge in [-0.1, -0.05) is 0 Å². The largest absolute Gasteiger partial charge is 0.490 e. The second-order valence-corrected chi connectivity index (χ2v) is 6.45. The molecule has 2 aliphatic heterocycles. The van der Waals surface area contributed by atoms with Gasteiger partial charge in [0.2, 0.25) is 0 Å². The van der Waals surface area contributed by atoms with E-state index in [2.05, 4.69) is 15.5 Å². The van der Waals surface area contributed by atoms with Crippen LogP contribution in [0.1, 0.15) is 23.2 Å². The molecule has 0 aromatic heterocycles. The summed E-state index contributed by atoms with van der Waals surface area (Å²) in [4.78, 5) is 14.5. The first-order chi connectivity index (χ1) is 12.2. The summed E-state index contributed by atoms with van der Waals surface area (Å²) < 4.78 is 25.0. The van der Waals surface area contributed by atoms with Gasteiger partial charge in [0.05, 0.1) is 13.2 Å². The lowest BCUT2D eigenvalue weighted by molar-refractivity contribution is 0.0383. The van der Waals surface area contributed by atoms with E-state index in [0.29, 0.717) is 17.9 Å². The fraction of sp³-hybridized carbons (Fsp3) is 0.611. The molecule has 0 radical (unpaired) electrons. The molecule has 3 rings (SSSR count). The van der Waals surface area contributed by atoms with Crippen molar-refractivity contribution < 1.29 is 18.7 Å². The smallest absolute Gasteiger partial charge is 0.251 e. The van der Waals surface area contributed by atoms with Crippen molar-refractivity contribution in [1.82, 2.24) is 15.5 Å². The first-order valence-electron chi connectivity index (χ1n) is 8.97. The molecule has 1 amide bonds. The number of benzene rings is 1. The summed E-state index contributed by atoms with van der Waals surface area (Å²) in [5, 5.41) is 6.11. The minimum absolute atomic E-state index is 0.0697. The van der Waals surface area contributed by atoms with Crippen LogP contribution >= 0.6 is 0 Å². The van der Waals surface area contributed by atoms with Crippen LogP contribution in [-0.4, -0.2) is 69.4 Å². The van der Waals surface area contributed by atoms with E-state index in [9.17, 15) is 9.18 Å². The number of carbonyl (C=O) groups is 1. The molecule has 0 atom stereocenters. The monoisotopic (exact) mass is 351 g/mol. The Bertz CT molecular complexity index is 573. The van der Waals surface area contributed by atoms with Gasteiger partial charge in [-0.05, 0) is 38.1 Å². The number of hydrogen-bond donors (Lipinski definition) is 2. The summed E-state index contributed by atoms with van der Waals surface area (Å²) >= 11 is 0. The molecule has 6 nitrogen and oxygen atoms in total. The summed E-state index contributed by atoms with van der Waals surface area (Å²) in [7, 11) is 0. The molecule has 25 heavy (non-hydrogen) atoms. The topological polar surface area (TPSA) is 62.8 Å². The molecular formula is C18H26FN3O3. The standard InChI is InChI=1S/C18H26FN3O3/c19-15-11-14(12-17(13-15)25-16-1-3-20-4-2-16)18(23)21-5-6-22-7-9-24-10-8-22/h11-13,16,20H,1-10H2,(H,21,23). The molecule has 7 heteroatoms. The van der Waals surface area contributed by atoms with E-state index in [1.165, 1.54) is 12.1 Å². The molecule has 0 unspecified atom stereocenters. The third-order valence-electron chi connectivity index (χ3n) is 4.54. The Morgan fingerprint density at radius 3 is 2.80 bits per heavy atom. The number of nitrogens with one attached hydrogen (secondary N) is 2. The van der Waals surface area contributed by atoms with Gasteiger partial charge in [0.15, 0.2) is 0 Å². The summed E-state index contributed by atoms with van der Waals surface area (Å²) in [6, 6.07) is 4.21. The zero-order valence-corrected chi connectivity index (χ0v) is 14.4. The Labute approximate surface area is 147 Å². The van der Waals surface area contributed by atoms with Gasteiger partial charge in [0.25, 0.3) is 5.91 Å². The number of piperidine rings is 1. The van der Waals surface area contributed by atoms with Crippen molar-refractivity contribution in [2.75, 3.05) is 52.5 Å². The number of amides is 1. The molecule has 2 saturated heterocycles. The molecule has 0 bridgehead atoms. The maximum absolute atomic E-state index is 13.9. The van der Waals surface area contributed by atoms with Gasteiger partial charge in [0.1, 0.15) is 17.7 Å². The van der Waals surface area contributed by atoms with Crippen LogP contribution < -0.4 is 15.4 Å². The number of morpholine rings is 1. The molecule has 0 spiro atoms. The maximum Gasteiger partial charge on any atom is 0.251 e. The van der Waals surface area contributed by atoms with Crippen molar-refractivity contribution in [3.63, 3.8) is 0 Å². The Hall–Kier alpha value is -1.70. The zero-order chi connectivity index (χ0) is 17.5. The van der Waals surface area contributed by atoms with Crippen molar-refractivity contribution in [3.05, 3.63) is 29.6 Å². The van der Waals surface area contributed by atoms with Crippen LogP contribution in [0.3, 0.4) is 0 Å². The van der Waals surface area contributed by atoms with Crippen LogP contribution in [0.25, 0.3) is 0 Å². The minimum atomic E-state index is -0.454. The molecule has 2 N–H and O–H groups in total. The van der Waals surface area contributed by atoms with Crippen molar-refractivity contribution in [1.29, 1.82) is 0 Å². The van der Waals surface area contributed by atoms with Gasteiger partial charge in [-0.2, -0.15) is 0 Å². The Morgan fingerprint density at radius 1 is 1.28 bits per heavy atom. The van der Waals surface area contributed by atoms with Crippen LogP contribution in [-0.2, 0) is 4.74 Å². The predicted octanol–water partition coefficient (Wildman–Crippen LogP) is 1.02. The number of halogens is 1. The van der Waals surface area contributed by atoms with Crippen molar-refractivity contribution in [3.8, 4) is 5.75 Å². The van der Waals surface area contributed by atoms with Crippen LogP contribution in [0.15, 0.2) is 18.2 Å². The second-order valence-electron chi connectivity index (χ2n) is 6.45. The highest BCUT2D eigenvalue weighted by Crippen LogP contribution is 2.20. The van der Waals surface area contributed by atoms with E-state index in [-0.39, 0.29) is 12.0 Å². The van der Waals surface area contributed by atoms with E-state index < -0.39 is 5.82 Å². The normalized spacial score (nSPS) is 19.6. The molecule has 1 aromatic carbocycles. The molecule has 2 fully saturated rings. The predicted molar refractivity (Wildman–Crippen MR) is 92.5 cm³/mol. The van der Waals surface area contributed by atoms with Crippen LogP contribution in [0, 0.1) is 5.82 Å². The van der Waals surface area contributed by atoms with Crippen molar-refractivity contribution in [2.45, 2.75) is 18.9 Å². The summed E-state index contributed by atoms with van der Waals surface area (Å²) in [5.41, 5.74) is 0.297. The van der Waals surface area contributed by atoms with E-state index in [0.717, 1.165) is 58.8 Å². The SMILES string of the molecule is O=C(NCCN1CCOCC1)c1cc(F)cc(OC2CCNCC2)c1. The summed E-state index contributed by atoms with van der Waals surface area (Å²) in [6.07, 6.45) is 1.84. The average molecular weight is 351 g/mol. The molecule has 2 aliphatic rings. The van der Waals surface area contributed by atoms with Gasteiger partial charge in [-0.25, -0.2) is 4.39 Å². The van der Waals surface area contributed by atoms with E-state index in [4.69, 9.17) is 9.47 Å². The second kappa shape index (κ2) is 9.12. The molecule has 2 heterocycles. The number of hydrogen-bond acceptors (Lipinski definition) is 5. The lowest BCUT2D eigenvalue weighted by atomic mass is 10.1. The number of carbonyl (C=O) groups excluding carboxylic acids is 1. The molecule has 1 aromatic rings. The highest BCUT2D eigenvalue weighted by molar-refractivity contribution is 5.94. The van der Waals surface area contributed by atoms with Crippen molar-refractivity contribution in [2.24, 2.45) is 0 Å². The highest BCUT2D eigenvalue weighted by Gasteiger charge is 2.17. The first-order valence-corrected chi connectivity index (χ1v) is 8.97. The fourth-order valence-corrected chi connectivity index (χ4v) is 3.12. The van der Waals surface area contributed by atoms with Crippen LogP contribution in [0.5, 0.6) is 5.75 Å². The van der Waals surface area contributed by atoms with Crippen LogP contribution in [0.2, 0.25) is 0 Å². The number of nitrogens with zero attached hydrogens (tertiary/aromatic N) is 1. The average Bonchev–Trinajstić information content (AvgIpc) is 2.63. The van der Waals surface area contributed by atoms with Crippen molar-refractivity contribution >= 4 is 5.91 Å². The lowest BCUT2D eigenvalue weighted by Crippen LogP contribution is -2.41. The zero-order valence-electron chi connectivity index (χ0n) is 14.4. The lowest BCUT2D eigenvalue weighted by Gasteiger charge is -2.26. The van der Waals surface area contributed by atoms with Gasteiger partial charge < -0.3 is 20.1 Å². The Kier molecular flexibility index (Phi) is 6.61. The minimum Gasteiger partial charge on any atom is -0.490 e. The molecule has 0 saturated carbocycles. The third kappa shape index (κ3) is 5.66.